The molecule has 1 atom stereocenters. The van der Waals surface area contributed by atoms with Gasteiger partial charge in [0.1, 0.15) is 5.75 Å². The predicted octanol–water partition coefficient (Wildman–Crippen LogP) is 3.42. The van der Waals surface area contributed by atoms with E-state index >= 15 is 0 Å². The van der Waals surface area contributed by atoms with E-state index in [0.29, 0.717) is 5.75 Å². The summed E-state index contributed by atoms with van der Waals surface area (Å²) >= 11 is 3.39. The van der Waals surface area contributed by atoms with Crippen molar-refractivity contribution in [3.8, 4) is 5.75 Å². The van der Waals surface area contributed by atoms with E-state index in [4.69, 9.17) is 9.84 Å². The SMILES string of the molecule is CC(Oc1ccc(Br)cc1C(C)C)C(=O)O. The molecule has 0 heterocycles. The Hall–Kier alpha value is -1.03. The largest absolute Gasteiger partial charge is 0.479 e. The van der Waals surface area contributed by atoms with Gasteiger partial charge >= 0.3 is 5.97 Å². The smallest absolute Gasteiger partial charge is 0.344 e. The monoisotopic (exact) mass is 286 g/mol. The summed E-state index contributed by atoms with van der Waals surface area (Å²) in [6.45, 7) is 5.61. The van der Waals surface area contributed by atoms with Crippen LogP contribution in [0.25, 0.3) is 0 Å². The molecular formula is C12H15BrO3. The van der Waals surface area contributed by atoms with Gasteiger partial charge in [0.15, 0.2) is 6.10 Å². The van der Waals surface area contributed by atoms with Gasteiger partial charge in [0.05, 0.1) is 0 Å². The highest BCUT2D eigenvalue weighted by Crippen LogP contribution is 2.30. The van der Waals surface area contributed by atoms with E-state index in [2.05, 4.69) is 15.9 Å². The number of benzene rings is 1. The third kappa shape index (κ3) is 3.23. The van der Waals surface area contributed by atoms with Gasteiger partial charge in [0, 0.05) is 4.47 Å². The Balaban J connectivity index is 2.99. The van der Waals surface area contributed by atoms with Crippen LogP contribution >= 0.6 is 15.9 Å². The van der Waals surface area contributed by atoms with Gasteiger partial charge < -0.3 is 9.84 Å². The van der Waals surface area contributed by atoms with Crippen molar-refractivity contribution in [1.29, 1.82) is 0 Å². The maximum Gasteiger partial charge on any atom is 0.344 e. The second-order valence-corrected chi connectivity index (χ2v) is 4.85. The van der Waals surface area contributed by atoms with E-state index < -0.39 is 12.1 Å². The van der Waals surface area contributed by atoms with Crippen LogP contribution in [0.5, 0.6) is 5.75 Å². The Morgan fingerprint density at radius 1 is 1.38 bits per heavy atom. The molecule has 88 valence electrons. The Bertz CT molecular complexity index is 388. The van der Waals surface area contributed by atoms with Gasteiger partial charge in [0.2, 0.25) is 0 Å². The zero-order valence-electron chi connectivity index (χ0n) is 9.53. The number of rotatable bonds is 4. The van der Waals surface area contributed by atoms with Crippen LogP contribution in [-0.2, 0) is 4.79 Å². The lowest BCUT2D eigenvalue weighted by atomic mass is 10.0. The maximum absolute atomic E-state index is 10.7. The summed E-state index contributed by atoms with van der Waals surface area (Å²) in [7, 11) is 0. The first-order chi connectivity index (χ1) is 7.41. The number of aliphatic carboxylic acids is 1. The van der Waals surface area contributed by atoms with Gasteiger partial charge in [-0.05, 0) is 36.6 Å². The zero-order chi connectivity index (χ0) is 12.3. The summed E-state index contributed by atoms with van der Waals surface area (Å²) in [5.74, 6) is -0.0424. The van der Waals surface area contributed by atoms with E-state index in [1.54, 1.807) is 6.07 Å². The summed E-state index contributed by atoms with van der Waals surface area (Å²) in [5, 5.41) is 8.79. The summed E-state index contributed by atoms with van der Waals surface area (Å²) < 4.78 is 6.37. The first kappa shape index (κ1) is 13.0. The molecule has 0 bridgehead atoms. The van der Waals surface area contributed by atoms with Gasteiger partial charge in [-0.1, -0.05) is 29.8 Å². The second-order valence-electron chi connectivity index (χ2n) is 3.94. The third-order valence-corrected chi connectivity index (χ3v) is 2.74. The average Bonchev–Trinajstić information content (AvgIpc) is 2.20. The first-order valence-corrected chi connectivity index (χ1v) is 5.90. The Kier molecular flexibility index (Phi) is 4.35. The van der Waals surface area contributed by atoms with Crippen LogP contribution in [0.1, 0.15) is 32.3 Å². The Morgan fingerprint density at radius 2 is 2.00 bits per heavy atom. The molecule has 0 fully saturated rings. The average molecular weight is 287 g/mol. The van der Waals surface area contributed by atoms with Crippen LogP contribution in [0.3, 0.4) is 0 Å². The molecule has 0 saturated heterocycles. The number of ether oxygens (including phenoxy) is 1. The molecule has 1 aromatic rings. The Labute approximate surface area is 104 Å². The number of carboxylic acids is 1. The van der Waals surface area contributed by atoms with E-state index in [0.717, 1.165) is 10.0 Å². The second kappa shape index (κ2) is 5.34. The van der Waals surface area contributed by atoms with E-state index in [9.17, 15) is 4.79 Å². The van der Waals surface area contributed by atoms with E-state index in [1.165, 1.54) is 6.92 Å². The molecule has 0 radical (unpaired) electrons. The van der Waals surface area contributed by atoms with Gasteiger partial charge in [0.25, 0.3) is 0 Å². The number of hydrogen-bond acceptors (Lipinski definition) is 2. The summed E-state index contributed by atoms with van der Waals surface area (Å²) in [4.78, 5) is 10.7. The molecule has 1 rings (SSSR count). The molecule has 0 amide bonds. The molecule has 4 heteroatoms. The summed E-state index contributed by atoms with van der Waals surface area (Å²) in [5.41, 5.74) is 1.00. The van der Waals surface area contributed by atoms with Crippen molar-refractivity contribution in [3.63, 3.8) is 0 Å². The van der Waals surface area contributed by atoms with Crippen molar-refractivity contribution in [2.45, 2.75) is 32.8 Å². The highest BCUT2D eigenvalue weighted by atomic mass is 79.9. The summed E-state index contributed by atoms with van der Waals surface area (Å²) in [6.07, 6.45) is -0.835. The van der Waals surface area contributed by atoms with Crippen LogP contribution in [0.4, 0.5) is 0 Å². The number of halogens is 1. The molecule has 1 unspecified atom stereocenters. The van der Waals surface area contributed by atoms with Crippen LogP contribution in [0.15, 0.2) is 22.7 Å². The fourth-order valence-electron chi connectivity index (χ4n) is 1.32. The van der Waals surface area contributed by atoms with Crippen molar-refractivity contribution in [1.82, 2.24) is 0 Å². The van der Waals surface area contributed by atoms with Crippen LogP contribution in [-0.4, -0.2) is 17.2 Å². The molecule has 1 aromatic carbocycles. The summed E-state index contributed by atoms with van der Waals surface area (Å²) in [6, 6.07) is 5.59. The predicted molar refractivity (Wildman–Crippen MR) is 66.0 cm³/mol. The normalized spacial score (nSPS) is 12.6. The van der Waals surface area contributed by atoms with Crippen molar-refractivity contribution >= 4 is 21.9 Å². The molecule has 0 saturated carbocycles. The number of carboxylic acid groups (broad SMARTS) is 1. The third-order valence-electron chi connectivity index (χ3n) is 2.25. The molecule has 0 aromatic heterocycles. The number of hydrogen-bond donors (Lipinski definition) is 1. The lowest BCUT2D eigenvalue weighted by molar-refractivity contribution is -0.144. The minimum Gasteiger partial charge on any atom is -0.479 e. The van der Waals surface area contributed by atoms with Crippen LogP contribution < -0.4 is 4.74 Å². The molecular weight excluding hydrogens is 272 g/mol. The topological polar surface area (TPSA) is 46.5 Å². The zero-order valence-corrected chi connectivity index (χ0v) is 11.1. The minimum absolute atomic E-state index is 0.286. The van der Waals surface area contributed by atoms with Gasteiger partial charge in [-0.25, -0.2) is 4.79 Å². The molecule has 0 spiro atoms. The van der Waals surface area contributed by atoms with Crippen molar-refractivity contribution in [2.75, 3.05) is 0 Å². The maximum atomic E-state index is 10.7. The standard InChI is InChI=1S/C12H15BrO3/c1-7(2)10-6-9(13)4-5-11(10)16-8(3)12(14)15/h4-8H,1-3H3,(H,14,15). The first-order valence-electron chi connectivity index (χ1n) is 5.10. The van der Waals surface area contributed by atoms with Gasteiger partial charge in [-0.15, -0.1) is 0 Å². The molecule has 0 aliphatic rings. The van der Waals surface area contributed by atoms with Crippen molar-refractivity contribution in [3.05, 3.63) is 28.2 Å². The number of carbonyl (C=O) groups is 1. The highest BCUT2D eigenvalue weighted by molar-refractivity contribution is 9.10. The highest BCUT2D eigenvalue weighted by Gasteiger charge is 2.16. The molecule has 3 nitrogen and oxygen atoms in total. The van der Waals surface area contributed by atoms with E-state index in [1.807, 2.05) is 26.0 Å². The van der Waals surface area contributed by atoms with Gasteiger partial charge in [-0.3, -0.25) is 0 Å². The lowest BCUT2D eigenvalue weighted by Crippen LogP contribution is -2.23. The molecule has 0 aliphatic carbocycles. The molecule has 1 N–H and O–H groups in total. The van der Waals surface area contributed by atoms with Crippen LogP contribution in [0.2, 0.25) is 0 Å². The minimum atomic E-state index is -0.961. The quantitative estimate of drug-likeness (QED) is 0.923. The van der Waals surface area contributed by atoms with Gasteiger partial charge in [-0.2, -0.15) is 0 Å². The Morgan fingerprint density at radius 3 is 2.50 bits per heavy atom. The van der Waals surface area contributed by atoms with E-state index in [-0.39, 0.29) is 5.92 Å². The van der Waals surface area contributed by atoms with Crippen LogP contribution in [0, 0.1) is 0 Å². The van der Waals surface area contributed by atoms with Crippen molar-refractivity contribution in [2.24, 2.45) is 0 Å². The van der Waals surface area contributed by atoms with Crippen molar-refractivity contribution < 1.29 is 14.6 Å². The molecule has 16 heavy (non-hydrogen) atoms. The lowest BCUT2D eigenvalue weighted by Gasteiger charge is -2.16. The fraction of sp³-hybridized carbons (Fsp3) is 0.417. The fourth-order valence-corrected chi connectivity index (χ4v) is 1.70. The molecule has 0 aliphatic heterocycles.